The SMILES string of the molecule is O=C(Cc1ccc(F)cc1)N1CCN(C(=O)Cn2c3ccccc3c(=O)c3ccccc32)CC1. The Bertz CT molecular complexity index is 1380. The average Bonchev–Trinajstić information content (AvgIpc) is 2.88. The zero-order valence-electron chi connectivity index (χ0n) is 18.6. The predicted octanol–water partition coefficient (Wildman–Crippen LogP) is 3.21. The van der Waals surface area contributed by atoms with Crippen molar-refractivity contribution in [2.45, 2.75) is 13.0 Å². The van der Waals surface area contributed by atoms with Crippen molar-refractivity contribution in [3.8, 4) is 0 Å². The topological polar surface area (TPSA) is 62.6 Å². The Morgan fingerprint density at radius 2 is 1.21 bits per heavy atom. The van der Waals surface area contributed by atoms with Crippen molar-refractivity contribution in [1.29, 1.82) is 0 Å². The minimum Gasteiger partial charge on any atom is -0.339 e. The number of nitrogens with zero attached hydrogens (tertiary/aromatic N) is 3. The molecule has 0 radical (unpaired) electrons. The van der Waals surface area contributed by atoms with E-state index >= 15 is 0 Å². The van der Waals surface area contributed by atoms with E-state index in [1.54, 1.807) is 34.1 Å². The molecule has 34 heavy (non-hydrogen) atoms. The van der Waals surface area contributed by atoms with E-state index in [1.165, 1.54) is 12.1 Å². The lowest BCUT2D eigenvalue weighted by Gasteiger charge is -2.35. The lowest BCUT2D eigenvalue weighted by Crippen LogP contribution is -2.51. The number of hydrogen-bond acceptors (Lipinski definition) is 3. The van der Waals surface area contributed by atoms with E-state index in [4.69, 9.17) is 0 Å². The molecule has 0 aliphatic carbocycles. The minimum atomic E-state index is -0.327. The summed E-state index contributed by atoms with van der Waals surface area (Å²) in [4.78, 5) is 42.3. The number of para-hydroxylation sites is 2. The minimum absolute atomic E-state index is 0.0314. The summed E-state index contributed by atoms with van der Waals surface area (Å²) in [5.74, 6) is -0.410. The normalized spacial score (nSPS) is 14.0. The maximum Gasteiger partial charge on any atom is 0.242 e. The van der Waals surface area contributed by atoms with E-state index in [1.807, 2.05) is 41.0 Å². The summed E-state index contributed by atoms with van der Waals surface area (Å²) >= 11 is 0. The Balaban J connectivity index is 1.30. The molecule has 7 heteroatoms. The van der Waals surface area contributed by atoms with Crippen LogP contribution in [0, 0.1) is 5.82 Å². The van der Waals surface area contributed by atoms with E-state index in [2.05, 4.69) is 0 Å². The van der Waals surface area contributed by atoms with Gasteiger partial charge in [-0.05, 0) is 42.0 Å². The van der Waals surface area contributed by atoms with Crippen molar-refractivity contribution in [3.05, 3.63) is 94.4 Å². The third kappa shape index (κ3) is 4.17. The summed E-state index contributed by atoms with van der Waals surface area (Å²) in [5.41, 5.74) is 2.19. The Labute approximate surface area is 195 Å². The van der Waals surface area contributed by atoms with Crippen LogP contribution in [0.15, 0.2) is 77.6 Å². The molecule has 0 N–H and O–H groups in total. The Kier molecular flexibility index (Phi) is 5.84. The van der Waals surface area contributed by atoms with Crippen LogP contribution in [0.25, 0.3) is 21.8 Å². The molecule has 3 aromatic carbocycles. The largest absolute Gasteiger partial charge is 0.339 e. The van der Waals surface area contributed by atoms with Crippen LogP contribution in [0.3, 0.4) is 0 Å². The van der Waals surface area contributed by atoms with E-state index in [-0.39, 0.29) is 36.0 Å². The lowest BCUT2D eigenvalue weighted by molar-refractivity contribution is -0.139. The molecule has 0 bridgehead atoms. The highest BCUT2D eigenvalue weighted by Crippen LogP contribution is 2.20. The Hall–Kier alpha value is -4.00. The van der Waals surface area contributed by atoms with Gasteiger partial charge in [0.05, 0.1) is 17.5 Å². The van der Waals surface area contributed by atoms with Crippen LogP contribution in [-0.2, 0) is 22.6 Å². The molecule has 2 amide bonds. The van der Waals surface area contributed by atoms with Crippen molar-refractivity contribution in [3.63, 3.8) is 0 Å². The van der Waals surface area contributed by atoms with E-state index < -0.39 is 0 Å². The van der Waals surface area contributed by atoms with Crippen LogP contribution in [0.4, 0.5) is 4.39 Å². The van der Waals surface area contributed by atoms with E-state index in [0.717, 1.165) is 16.6 Å². The van der Waals surface area contributed by atoms with Gasteiger partial charge in [0, 0.05) is 37.0 Å². The molecule has 0 spiro atoms. The molecular weight excluding hydrogens is 433 g/mol. The molecule has 1 aliphatic rings. The number of piperazine rings is 1. The maximum absolute atomic E-state index is 13.2. The maximum atomic E-state index is 13.2. The number of aromatic nitrogens is 1. The van der Waals surface area contributed by atoms with Crippen LogP contribution < -0.4 is 5.43 Å². The summed E-state index contributed by atoms with van der Waals surface area (Å²) in [6.45, 7) is 1.92. The van der Waals surface area contributed by atoms with Gasteiger partial charge in [0.2, 0.25) is 11.8 Å². The zero-order valence-corrected chi connectivity index (χ0v) is 18.6. The van der Waals surface area contributed by atoms with Crippen LogP contribution in [-0.4, -0.2) is 52.4 Å². The van der Waals surface area contributed by atoms with Crippen LogP contribution >= 0.6 is 0 Å². The monoisotopic (exact) mass is 457 g/mol. The summed E-state index contributed by atoms with van der Waals surface area (Å²) in [6, 6.07) is 20.6. The molecule has 6 nitrogen and oxygen atoms in total. The van der Waals surface area contributed by atoms with Gasteiger partial charge < -0.3 is 14.4 Å². The van der Waals surface area contributed by atoms with Gasteiger partial charge in [0.1, 0.15) is 12.4 Å². The quantitative estimate of drug-likeness (QED) is 0.442. The van der Waals surface area contributed by atoms with Crippen LogP contribution in [0.1, 0.15) is 5.56 Å². The van der Waals surface area contributed by atoms with Gasteiger partial charge in [-0.15, -0.1) is 0 Å². The number of amides is 2. The molecule has 2 heterocycles. The second kappa shape index (κ2) is 9.09. The summed E-state index contributed by atoms with van der Waals surface area (Å²) < 4.78 is 15.0. The number of halogens is 1. The highest BCUT2D eigenvalue weighted by atomic mass is 19.1. The third-order valence-corrected chi connectivity index (χ3v) is 6.43. The van der Waals surface area contributed by atoms with Gasteiger partial charge in [0.25, 0.3) is 0 Å². The molecule has 4 aromatic rings. The molecule has 1 saturated heterocycles. The fraction of sp³-hybridized carbons (Fsp3) is 0.222. The molecule has 1 aromatic heterocycles. The van der Waals surface area contributed by atoms with Gasteiger partial charge >= 0.3 is 0 Å². The third-order valence-electron chi connectivity index (χ3n) is 6.43. The number of fused-ring (bicyclic) bond motifs is 2. The second-order valence-corrected chi connectivity index (χ2v) is 8.51. The van der Waals surface area contributed by atoms with Crippen molar-refractivity contribution in [2.75, 3.05) is 26.2 Å². The average molecular weight is 458 g/mol. The van der Waals surface area contributed by atoms with Gasteiger partial charge in [-0.25, -0.2) is 4.39 Å². The molecule has 0 unspecified atom stereocenters. The first-order valence-corrected chi connectivity index (χ1v) is 11.3. The number of carbonyl (C=O) groups excluding carboxylic acids is 2. The molecular formula is C27H24FN3O3. The zero-order chi connectivity index (χ0) is 23.7. The first-order chi connectivity index (χ1) is 16.5. The van der Waals surface area contributed by atoms with Crippen LogP contribution in [0.2, 0.25) is 0 Å². The Morgan fingerprint density at radius 3 is 1.76 bits per heavy atom. The predicted molar refractivity (Wildman–Crippen MR) is 129 cm³/mol. The first kappa shape index (κ1) is 21.8. The van der Waals surface area contributed by atoms with Crippen molar-refractivity contribution in [2.24, 2.45) is 0 Å². The molecule has 1 fully saturated rings. The standard InChI is InChI=1S/C27H24FN3O3/c28-20-11-9-19(10-12-20)17-25(32)29-13-15-30(16-14-29)26(33)18-31-23-7-3-1-5-21(23)27(34)22-6-2-4-8-24(22)31/h1-12H,13-18H2. The van der Waals surface area contributed by atoms with Crippen molar-refractivity contribution >= 4 is 33.6 Å². The molecule has 5 rings (SSSR count). The summed E-state index contributed by atoms with van der Waals surface area (Å²) in [7, 11) is 0. The summed E-state index contributed by atoms with van der Waals surface area (Å²) in [5, 5.41) is 1.18. The number of pyridine rings is 1. The second-order valence-electron chi connectivity index (χ2n) is 8.51. The highest BCUT2D eigenvalue weighted by molar-refractivity contribution is 5.95. The lowest BCUT2D eigenvalue weighted by atomic mass is 10.1. The molecule has 0 atom stereocenters. The number of carbonyl (C=O) groups is 2. The van der Waals surface area contributed by atoms with Gasteiger partial charge in [-0.1, -0.05) is 36.4 Å². The number of rotatable bonds is 4. The molecule has 172 valence electrons. The number of hydrogen-bond donors (Lipinski definition) is 0. The van der Waals surface area contributed by atoms with Crippen LogP contribution in [0.5, 0.6) is 0 Å². The Morgan fingerprint density at radius 1 is 0.706 bits per heavy atom. The molecule has 1 aliphatic heterocycles. The van der Waals surface area contributed by atoms with Gasteiger partial charge in [-0.2, -0.15) is 0 Å². The van der Waals surface area contributed by atoms with Crippen molar-refractivity contribution < 1.29 is 14.0 Å². The molecule has 0 saturated carbocycles. The van der Waals surface area contributed by atoms with Gasteiger partial charge in [-0.3, -0.25) is 14.4 Å². The smallest absolute Gasteiger partial charge is 0.242 e. The fourth-order valence-corrected chi connectivity index (χ4v) is 4.58. The summed E-state index contributed by atoms with van der Waals surface area (Å²) in [6.07, 6.45) is 0.212. The number of benzene rings is 3. The van der Waals surface area contributed by atoms with Crippen molar-refractivity contribution in [1.82, 2.24) is 14.4 Å². The fourth-order valence-electron chi connectivity index (χ4n) is 4.58. The van der Waals surface area contributed by atoms with Gasteiger partial charge in [0.15, 0.2) is 5.43 Å². The highest BCUT2D eigenvalue weighted by Gasteiger charge is 2.25. The first-order valence-electron chi connectivity index (χ1n) is 11.3. The van der Waals surface area contributed by atoms with E-state index in [0.29, 0.717) is 37.0 Å². The van der Waals surface area contributed by atoms with E-state index in [9.17, 15) is 18.8 Å².